The van der Waals surface area contributed by atoms with Gasteiger partial charge >= 0.3 is 12.1 Å². The molecule has 0 saturated carbocycles. The van der Waals surface area contributed by atoms with Gasteiger partial charge in [-0.2, -0.15) is 0 Å². The Balaban J connectivity index is 1.61. The van der Waals surface area contributed by atoms with Crippen LogP contribution in [0.4, 0.5) is 18.4 Å². The lowest BCUT2D eigenvalue weighted by atomic mass is 10.1. The summed E-state index contributed by atoms with van der Waals surface area (Å²) in [6.45, 7) is 4.56. The number of hydrazine groups is 1. The predicted molar refractivity (Wildman–Crippen MR) is 98.3 cm³/mol. The number of halogens is 2. The van der Waals surface area contributed by atoms with Crippen molar-refractivity contribution in [3.8, 4) is 0 Å². The molecule has 2 aliphatic rings. The molecule has 2 N–H and O–H groups in total. The lowest BCUT2D eigenvalue weighted by Gasteiger charge is -2.38. The van der Waals surface area contributed by atoms with Gasteiger partial charge in [0.25, 0.3) is 11.8 Å². The molecule has 1 saturated heterocycles. The molecule has 0 bridgehead atoms. The first kappa shape index (κ1) is 20.9. The van der Waals surface area contributed by atoms with Gasteiger partial charge in [-0.3, -0.25) is 4.79 Å². The van der Waals surface area contributed by atoms with Crippen LogP contribution in [0.1, 0.15) is 42.5 Å². The monoisotopic (exact) mass is 413 g/mol. The maximum absolute atomic E-state index is 13.1. The van der Waals surface area contributed by atoms with Crippen molar-refractivity contribution in [2.45, 2.75) is 45.3 Å². The summed E-state index contributed by atoms with van der Waals surface area (Å²) in [7, 11) is 1.67. The fourth-order valence-electron chi connectivity index (χ4n) is 3.33. The quantitative estimate of drug-likeness (QED) is 0.684. The van der Waals surface area contributed by atoms with Crippen LogP contribution >= 0.6 is 0 Å². The SMILES string of the molecule is Cn1c(C(=O)N2CC(F)(F)C2)cc2c1CN(C(=O)NNC(=O)OC(C)(C)C)CC2. The smallest absolute Gasteiger partial charge is 0.426 e. The highest BCUT2D eigenvalue weighted by molar-refractivity contribution is 5.94. The maximum Gasteiger partial charge on any atom is 0.426 e. The van der Waals surface area contributed by atoms with Crippen molar-refractivity contribution in [2.75, 3.05) is 19.6 Å². The summed E-state index contributed by atoms with van der Waals surface area (Å²) in [6, 6.07) is 1.18. The van der Waals surface area contributed by atoms with E-state index < -0.39 is 42.6 Å². The van der Waals surface area contributed by atoms with Gasteiger partial charge in [0.15, 0.2) is 0 Å². The second-order valence-corrected chi connectivity index (χ2v) is 8.31. The van der Waals surface area contributed by atoms with Crippen molar-refractivity contribution in [2.24, 2.45) is 7.05 Å². The molecule has 9 nitrogen and oxygen atoms in total. The standard InChI is InChI=1S/C18H25F2N5O4/c1-17(2,3)29-16(28)22-21-15(27)24-6-5-11-7-12(23(4)13(11)8-24)14(26)25-9-18(19,20)10-25/h7H,5-6,8-10H2,1-4H3,(H,21,27)(H,22,28). The van der Waals surface area contributed by atoms with Crippen LogP contribution in [-0.2, 0) is 24.8 Å². The number of urea groups is 1. The molecule has 0 atom stereocenters. The van der Waals surface area contributed by atoms with E-state index in [9.17, 15) is 23.2 Å². The molecule has 2 aliphatic heterocycles. The van der Waals surface area contributed by atoms with Crippen molar-refractivity contribution >= 4 is 18.0 Å². The number of ether oxygens (including phenoxy) is 1. The van der Waals surface area contributed by atoms with Crippen molar-refractivity contribution in [1.29, 1.82) is 0 Å². The van der Waals surface area contributed by atoms with E-state index in [1.54, 1.807) is 38.5 Å². The maximum atomic E-state index is 13.1. The summed E-state index contributed by atoms with van der Waals surface area (Å²) in [5.74, 6) is -3.27. The molecule has 1 aromatic rings. The van der Waals surface area contributed by atoms with E-state index in [4.69, 9.17) is 4.74 Å². The molecule has 0 spiro atoms. The van der Waals surface area contributed by atoms with Crippen molar-refractivity contribution in [3.05, 3.63) is 23.0 Å². The molecule has 11 heteroatoms. The highest BCUT2D eigenvalue weighted by atomic mass is 19.3. The number of nitrogens with zero attached hydrogens (tertiary/aromatic N) is 3. The van der Waals surface area contributed by atoms with Crippen LogP contribution in [0.5, 0.6) is 0 Å². The summed E-state index contributed by atoms with van der Waals surface area (Å²) < 4.78 is 32.8. The lowest BCUT2D eigenvalue weighted by molar-refractivity contribution is -0.113. The van der Waals surface area contributed by atoms with E-state index >= 15 is 0 Å². The molecule has 3 heterocycles. The molecule has 160 valence electrons. The number of carbonyl (C=O) groups is 3. The zero-order valence-corrected chi connectivity index (χ0v) is 16.8. The third kappa shape index (κ3) is 4.60. The molecule has 29 heavy (non-hydrogen) atoms. The molecule has 1 fully saturated rings. The largest absolute Gasteiger partial charge is 0.443 e. The Labute approximate surface area is 166 Å². The van der Waals surface area contributed by atoms with Gasteiger partial charge in [-0.1, -0.05) is 0 Å². The van der Waals surface area contributed by atoms with Gasteiger partial charge in [0, 0.05) is 19.3 Å². The number of aromatic nitrogens is 1. The van der Waals surface area contributed by atoms with E-state index in [-0.39, 0.29) is 6.54 Å². The first-order valence-electron chi connectivity index (χ1n) is 9.25. The number of likely N-dealkylation sites (tertiary alicyclic amines) is 1. The van der Waals surface area contributed by atoms with Gasteiger partial charge in [0.2, 0.25) is 0 Å². The van der Waals surface area contributed by atoms with E-state index in [0.717, 1.165) is 16.2 Å². The molecule has 1 aromatic heterocycles. The Kier molecular flexibility index (Phi) is 5.18. The predicted octanol–water partition coefficient (Wildman–Crippen LogP) is 1.62. The highest BCUT2D eigenvalue weighted by Crippen LogP contribution is 2.30. The van der Waals surface area contributed by atoms with E-state index in [1.807, 2.05) is 0 Å². The van der Waals surface area contributed by atoms with Crippen LogP contribution < -0.4 is 10.9 Å². The van der Waals surface area contributed by atoms with Crippen LogP contribution in [0, 0.1) is 0 Å². The van der Waals surface area contributed by atoms with Crippen LogP contribution in [0.2, 0.25) is 0 Å². The second kappa shape index (κ2) is 7.20. The number of carbonyl (C=O) groups excluding carboxylic acids is 3. The zero-order chi connectivity index (χ0) is 21.6. The minimum Gasteiger partial charge on any atom is -0.443 e. The Morgan fingerprint density at radius 3 is 2.38 bits per heavy atom. The summed E-state index contributed by atoms with van der Waals surface area (Å²) in [6.07, 6.45) is -0.270. The van der Waals surface area contributed by atoms with Crippen molar-refractivity contribution in [1.82, 2.24) is 25.2 Å². The van der Waals surface area contributed by atoms with Crippen LogP contribution in [-0.4, -0.2) is 63.6 Å². The minimum atomic E-state index is -2.82. The third-order valence-corrected chi connectivity index (χ3v) is 4.75. The lowest BCUT2D eigenvalue weighted by Crippen LogP contribution is -2.58. The molecule has 4 amide bonds. The topological polar surface area (TPSA) is 95.9 Å². The number of alkyl halides is 2. The number of nitrogens with one attached hydrogen (secondary N) is 2. The zero-order valence-electron chi connectivity index (χ0n) is 16.8. The van der Waals surface area contributed by atoms with Crippen molar-refractivity contribution in [3.63, 3.8) is 0 Å². The molecule has 0 radical (unpaired) electrons. The molecule has 0 aromatic carbocycles. The Hall–Kier alpha value is -2.85. The number of hydrogen-bond donors (Lipinski definition) is 2. The van der Waals surface area contributed by atoms with Crippen LogP contribution in [0.3, 0.4) is 0 Å². The fraction of sp³-hybridized carbons (Fsp3) is 0.611. The average Bonchev–Trinajstić information content (AvgIpc) is 2.91. The summed E-state index contributed by atoms with van der Waals surface area (Å²) in [5, 5.41) is 0. The van der Waals surface area contributed by atoms with Gasteiger partial charge < -0.3 is 19.1 Å². The second-order valence-electron chi connectivity index (χ2n) is 8.31. The third-order valence-electron chi connectivity index (χ3n) is 4.75. The first-order valence-corrected chi connectivity index (χ1v) is 9.25. The van der Waals surface area contributed by atoms with Gasteiger partial charge in [-0.05, 0) is 38.8 Å². The van der Waals surface area contributed by atoms with E-state index in [2.05, 4.69) is 10.9 Å². The van der Waals surface area contributed by atoms with Gasteiger partial charge in [0.05, 0.1) is 19.6 Å². The Morgan fingerprint density at radius 1 is 1.14 bits per heavy atom. The summed E-state index contributed by atoms with van der Waals surface area (Å²) in [4.78, 5) is 39.1. The van der Waals surface area contributed by atoms with Crippen LogP contribution in [0.25, 0.3) is 0 Å². The molecular formula is C18H25F2N5O4. The molecule has 0 unspecified atom stereocenters. The number of fused-ring (bicyclic) bond motifs is 1. The number of hydrogen-bond acceptors (Lipinski definition) is 4. The normalized spacial score (nSPS) is 17.9. The van der Waals surface area contributed by atoms with E-state index in [0.29, 0.717) is 18.7 Å². The fourth-order valence-corrected chi connectivity index (χ4v) is 3.33. The number of rotatable bonds is 1. The van der Waals surface area contributed by atoms with Gasteiger partial charge in [-0.15, -0.1) is 0 Å². The van der Waals surface area contributed by atoms with Gasteiger partial charge in [0.1, 0.15) is 11.3 Å². The highest BCUT2D eigenvalue weighted by Gasteiger charge is 2.47. The van der Waals surface area contributed by atoms with Crippen LogP contribution in [0.15, 0.2) is 6.07 Å². The first-order chi connectivity index (χ1) is 13.4. The Bertz CT molecular complexity index is 838. The molecule has 3 rings (SSSR count). The average molecular weight is 413 g/mol. The van der Waals surface area contributed by atoms with Crippen molar-refractivity contribution < 1.29 is 27.9 Å². The Morgan fingerprint density at radius 2 is 1.79 bits per heavy atom. The summed E-state index contributed by atoms with van der Waals surface area (Å²) >= 11 is 0. The number of amides is 4. The molecule has 0 aliphatic carbocycles. The van der Waals surface area contributed by atoms with Gasteiger partial charge in [-0.25, -0.2) is 29.2 Å². The minimum absolute atomic E-state index is 0.219. The van der Waals surface area contributed by atoms with E-state index in [1.165, 1.54) is 4.90 Å². The summed E-state index contributed by atoms with van der Waals surface area (Å²) in [5.41, 5.74) is 5.76. The molecular weight excluding hydrogens is 388 g/mol.